The second kappa shape index (κ2) is 6.76. The Kier molecular flexibility index (Phi) is 5.03. The molecule has 110 valence electrons. The number of rotatable bonds is 4. The van der Waals surface area contributed by atoms with Crippen LogP contribution in [0.3, 0.4) is 0 Å². The summed E-state index contributed by atoms with van der Waals surface area (Å²) in [5, 5.41) is 3.19. The van der Waals surface area contributed by atoms with Crippen molar-refractivity contribution < 1.29 is 13.6 Å². The molecule has 0 bridgehead atoms. The molecule has 1 amide bonds. The number of likely N-dealkylation sites (N-methyl/N-ethyl adjacent to an activating group) is 1. The van der Waals surface area contributed by atoms with Crippen molar-refractivity contribution in [2.75, 3.05) is 39.8 Å². The molecule has 1 saturated heterocycles. The van der Waals surface area contributed by atoms with Crippen molar-refractivity contribution in [3.63, 3.8) is 0 Å². The summed E-state index contributed by atoms with van der Waals surface area (Å²) < 4.78 is 25.9. The Labute approximate surface area is 117 Å². The Morgan fingerprint density at radius 2 is 2.00 bits per heavy atom. The molecule has 4 nitrogen and oxygen atoms in total. The minimum absolute atomic E-state index is 0.0663. The van der Waals surface area contributed by atoms with Crippen LogP contribution in [-0.4, -0.2) is 55.5 Å². The Morgan fingerprint density at radius 3 is 2.65 bits per heavy atom. The summed E-state index contributed by atoms with van der Waals surface area (Å²) in [5.74, 6) is -1.64. The Hall–Kier alpha value is -1.53. The quantitative estimate of drug-likeness (QED) is 0.889. The van der Waals surface area contributed by atoms with Gasteiger partial charge in [-0.05, 0) is 24.7 Å². The molecule has 0 atom stereocenters. The molecular formula is C14H19F2N3O. The summed E-state index contributed by atoms with van der Waals surface area (Å²) in [6.45, 7) is 3.76. The van der Waals surface area contributed by atoms with Gasteiger partial charge < -0.3 is 10.2 Å². The number of carbonyl (C=O) groups excluding carboxylic acids is 1. The number of amides is 1. The van der Waals surface area contributed by atoms with E-state index in [1.807, 2.05) is 4.90 Å². The summed E-state index contributed by atoms with van der Waals surface area (Å²) in [6.07, 6.45) is 0. The van der Waals surface area contributed by atoms with Gasteiger partial charge in [0.1, 0.15) is 0 Å². The highest BCUT2D eigenvalue weighted by Crippen LogP contribution is 2.10. The number of nitrogens with zero attached hydrogens (tertiary/aromatic N) is 2. The number of halogens is 2. The molecule has 0 aromatic heterocycles. The number of carbonyl (C=O) groups is 1. The molecule has 6 heteroatoms. The van der Waals surface area contributed by atoms with Gasteiger partial charge in [-0.2, -0.15) is 0 Å². The van der Waals surface area contributed by atoms with Crippen molar-refractivity contribution in [1.29, 1.82) is 0 Å². The monoisotopic (exact) mass is 283 g/mol. The van der Waals surface area contributed by atoms with Crippen LogP contribution in [0.15, 0.2) is 18.2 Å². The third-order valence-electron chi connectivity index (χ3n) is 3.31. The lowest BCUT2D eigenvalue weighted by molar-refractivity contribution is -0.132. The molecule has 2 rings (SSSR count). The maximum absolute atomic E-state index is 13.1. The van der Waals surface area contributed by atoms with Gasteiger partial charge in [0.2, 0.25) is 5.91 Å². The lowest BCUT2D eigenvalue weighted by Gasteiger charge is -2.29. The largest absolute Gasteiger partial charge is 0.339 e. The van der Waals surface area contributed by atoms with Gasteiger partial charge in [0.15, 0.2) is 11.6 Å². The van der Waals surface area contributed by atoms with Crippen LogP contribution >= 0.6 is 0 Å². The number of hydrogen-bond acceptors (Lipinski definition) is 3. The molecule has 1 aliphatic heterocycles. The van der Waals surface area contributed by atoms with Crippen LogP contribution in [0.25, 0.3) is 0 Å². The van der Waals surface area contributed by atoms with Gasteiger partial charge in [0, 0.05) is 32.7 Å². The van der Waals surface area contributed by atoms with E-state index in [4.69, 9.17) is 0 Å². The molecule has 1 aliphatic rings. The summed E-state index contributed by atoms with van der Waals surface area (Å²) in [5.41, 5.74) is 0.652. The molecule has 0 radical (unpaired) electrons. The molecule has 1 heterocycles. The maximum atomic E-state index is 13.1. The van der Waals surface area contributed by atoms with E-state index >= 15 is 0 Å². The van der Waals surface area contributed by atoms with Gasteiger partial charge in [-0.3, -0.25) is 9.69 Å². The predicted octanol–water partition coefficient (Wildman–Crippen LogP) is 0.828. The van der Waals surface area contributed by atoms with Crippen molar-refractivity contribution >= 4 is 5.91 Å². The lowest BCUT2D eigenvalue weighted by Crippen LogP contribution is -2.49. The number of nitrogens with one attached hydrogen (secondary N) is 1. The molecule has 1 aromatic carbocycles. The normalized spacial score (nSPS) is 15.7. The average molecular weight is 283 g/mol. The van der Waals surface area contributed by atoms with Crippen LogP contribution < -0.4 is 5.32 Å². The van der Waals surface area contributed by atoms with Gasteiger partial charge in [-0.25, -0.2) is 8.78 Å². The molecule has 20 heavy (non-hydrogen) atoms. The molecule has 0 unspecified atom stereocenters. The van der Waals surface area contributed by atoms with Crippen molar-refractivity contribution in [2.45, 2.75) is 6.54 Å². The Bertz CT molecular complexity index is 475. The minimum atomic E-state index is -0.857. The first-order valence-corrected chi connectivity index (χ1v) is 6.67. The maximum Gasteiger partial charge on any atom is 0.236 e. The highest BCUT2D eigenvalue weighted by Gasteiger charge is 2.17. The van der Waals surface area contributed by atoms with E-state index in [1.54, 1.807) is 11.9 Å². The fraction of sp³-hybridized carbons (Fsp3) is 0.500. The van der Waals surface area contributed by atoms with Crippen LogP contribution in [-0.2, 0) is 11.3 Å². The number of piperazine rings is 1. The van der Waals surface area contributed by atoms with E-state index in [-0.39, 0.29) is 12.5 Å². The van der Waals surface area contributed by atoms with Crippen molar-refractivity contribution in [3.8, 4) is 0 Å². The van der Waals surface area contributed by atoms with E-state index in [9.17, 15) is 13.6 Å². The third kappa shape index (κ3) is 3.98. The van der Waals surface area contributed by atoms with E-state index in [0.29, 0.717) is 12.1 Å². The van der Waals surface area contributed by atoms with Gasteiger partial charge in [0.05, 0.1) is 6.54 Å². The van der Waals surface area contributed by atoms with Gasteiger partial charge in [-0.1, -0.05) is 6.07 Å². The van der Waals surface area contributed by atoms with Crippen LogP contribution in [0.2, 0.25) is 0 Å². The molecule has 1 fully saturated rings. The Morgan fingerprint density at radius 1 is 1.30 bits per heavy atom. The van der Waals surface area contributed by atoms with Crippen LogP contribution in [0.1, 0.15) is 5.56 Å². The summed E-state index contributed by atoms with van der Waals surface area (Å²) in [7, 11) is 1.79. The average Bonchev–Trinajstić information content (AvgIpc) is 2.44. The number of hydrogen-bond donors (Lipinski definition) is 1. The highest BCUT2D eigenvalue weighted by atomic mass is 19.2. The summed E-state index contributed by atoms with van der Waals surface area (Å²) in [6, 6.07) is 3.81. The molecule has 1 aromatic rings. The standard InChI is InChI=1S/C14H19F2N3O/c1-18(9-11-2-3-12(15)13(16)8-11)10-14(20)19-6-4-17-5-7-19/h2-3,8,17H,4-7,9-10H2,1H3. The zero-order chi connectivity index (χ0) is 14.5. The molecular weight excluding hydrogens is 264 g/mol. The molecule has 1 N–H and O–H groups in total. The van der Waals surface area contributed by atoms with Crippen molar-refractivity contribution in [1.82, 2.24) is 15.1 Å². The zero-order valence-corrected chi connectivity index (χ0v) is 11.5. The summed E-state index contributed by atoms with van der Waals surface area (Å²) in [4.78, 5) is 15.7. The van der Waals surface area contributed by atoms with Crippen LogP contribution in [0.5, 0.6) is 0 Å². The highest BCUT2D eigenvalue weighted by molar-refractivity contribution is 5.78. The van der Waals surface area contributed by atoms with E-state index < -0.39 is 11.6 Å². The second-order valence-electron chi connectivity index (χ2n) is 5.05. The third-order valence-corrected chi connectivity index (χ3v) is 3.31. The molecule has 0 aliphatic carbocycles. The second-order valence-corrected chi connectivity index (χ2v) is 5.05. The van der Waals surface area contributed by atoms with E-state index in [2.05, 4.69) is 5.32 Å². The first-order chi connectivity index (χ1) is 9.56. The van der Waals surface area contributed by atoms with Crippen molar-refractivity contribution in [2.24, 2.45) is 0 Å². The van der Waals surface area contributed by atoms with Gasteiger partial charge in [0.25, 0.3) is 0 Å². The van der Waals surface area contributed by atoms with Crippen LogP contribution in [0.4, 0.5) is 8.78 Å². The lowest BCUT2D eigenvalue weighted by atomic mass is 10.2. The fourth-order valence-electron chi connectivity index (χ4n) is 2.25. The molecule has 0 saturated carbocycles. The van der Waals surface area contributed by atoms with Crippen LogP contribution in [0, 0.1) is 11.6 Å². The SMILES string of the molecule is CN(CC(=O)N1CCNCC1)Cc1ccc(F)c(F)c1. The van der Waals surface area contributed by atoms with Gasteiger partial charge >= 0.3 is 0 Å². The van der Waals surface area contributed by atoms with E-state index in [0.717, 1.165) is 32.2 Å². The smallest absolute Gasteiger partial charge is 0.236 e. The molecule has 0 spiro atoms. The first kappa shape index (κ1) is 14.9. The fourth-order valence-corrected chi connectivity index (χ4v) is 2.25. The van der Waals surface area contributed by atoms with E-state index in [1.165, 1.54) is 12.1 Å². The summed E-state index contributed by atoms with van der Waals surface area (Å²) >= 11 is 0. The number of benzene rings is 1. The minimum Gasteiger partial charge on any atom is -0.339 e. The van der Waals surface area contributed by atoms with Gasteiger partial charge in [-0.15, -0.1) is 0 Å². The topological polar surface area (TPSA) is 35.6 Å². The predicted molar refractivity (Wildman–Crippen MR) is 72.1 cm³/mol. The Balaban J connectivity index is 1.86. The first-order valence-electron chi connectivity index (χ1n) is 6.67. The van der Waals surface area contributed by atoms with Crippen molar-refractivity contribution in [3.05, 3.63) is 35.4 Å². The zero-order valence-electron chi connectivity index (χ0n) is 11.5.